The average Bonchev–Trinajstić information content (AvgIpc) is 2.53. The minimum Gasteiger partial charge on any atom is -0.497 e. The number of benzene rings is 2. The number of rotatable bonds is 6. The molecule has 0 heterocycles. The summed E-state index contributed by atoms with van der Waals surface area (Å²) in [6, 6.07) is 13.3. The molecule has 0 aliphatic heterocycles. The number of ether oxygens (including phenoxy) is 2. The van der Waals surface area contributed by atoms with Crippen LogP contribution in [-0.2, 0) is 6.42 Å². The van der Waals surface area contributed by atoms with E-state index in [1.807, 2.05) is 42.5 Å². The van der Waals surface area contributed by atoms with Gasteiger partial charge in [-0.25, -0.2) is 0 Å². The van der Waals surface area contributed by atoms with Crippen molar-refractivity contribution in [3.63, 3.8) is 0 Å². The Labute approximate surface area is 129 Å². The second-order valence-electron chi connectivity index (χ2n) is 4.65. The summed E-state index contributed by atoms with van der Waals surface area (Å²) in [4.78, 5) is 0. The fourth-order valence-electron chi connectivity index (χ4n) is 2.24. The molecule has 0 aliphatic rings. The third-order valence-electron chi connectivity index (χ3n) is 3.39. The number of halogens is 1. The number of hydrogen-bond acceptors (Lipinski definition) is 4. The van der Waals surface area contributed by atoms with E-state index in [1.54, 1.807) is 14.2 Å². The lowest BCUT2D eigenvalue weighted by molar-refractivity contribution is 0.405. The average molecular weight is 307 g/mol. The molecule has 0 amide bonds. The number of hydrogen-bond donors (Lipinski definition) is 2. The Balaban J connectivity index is 2.23. The van der Waals surface area contributed by atoms with E-state index in [1.165, 1.54) is 0 Å². The normalized spacial score (nSPS) is 12.0. The minimum absolute atomic E-state index is 0.0386. The molecule has 2 aromatic rings. The van der Waals surface area contributed by atoms with Crippen LogP contribution in [0, 0.1) is 0 Å². The van der Waals surface area contributed by atoms with Crippen molar-refractivity contribution in [3.05, 3.63) is 58.6 Å². The van der Waals surface area contributed by atoms with Crippen molar-refractivity contribution in [1.82, 2.24) is 5.43 Å². The summed E-state index contributed by atoms with van der Waals surface area (Å²) in [5.74, 6) is 7.31. The fourth-order valence-corrected chi connectivity index (χ4v) is 2.43. The maximum atomic E-state index is 6.06. The largest absolute Gasteiger partial charge is 0.497 e. The number of nitrogens with two attached hydrogens (primary N) is 1. The highest BCUT2D eigenvalue weighted by atomic mass is 35.5. The summed E-state index contributed by atoms with van der Waals surface area (Å²) in [5.41, 5.74) is 4.91. The van der Waals surface area contributed by atoms with Crippen LogP contribution in [-0.4, -0.2) is 14.2 Å². The standard InChI is InChI=1S/C16H19ClN2O2/c1-20-14-6-3-11(4-7-14)15(19-18)10-12-9-13(17)5-8-16(12)21-2/h3-9,15,19H,10,18H2,1-2H3. The Kier molecular flexibility index (Phi) is 5.44. The lowest BCUT2D eigenvalue weighted by Gasteiger charge is -2.18. The van der Waals surface area contributed by atoms with Gasteiger partial charge in [0.1, 0.15) is 11.5 Å². The molecule has 5 heteroatoms. The molecule has 0 saturated carbocycles. The SMILES string of the molecule is COc1ccc(C(Cc2cc(Cl)ccc2OC)NN)cc1. The molecule has 0 radical (unpaired) electrons. The van der Waals surface area contributed by atoms with Crippen molar-refractivity contribution < 1.29 is 9.47 Å². The predicted octanol–water partition coefficient (Wildman–Crippen LogP) is 3.10. The molecular formula is C16H19ClN2O2. The van der Waals surface area contributed by atoms with Gasteiger partial charge < -0.3 is 9.47 Å². The zero-order valence-electron chi connectivity index (χ0n) is 12.1. The molecule has 2 rings (SSSR count). The van der Waals surface area contributed by atoms with Gasteiger partial charge in [0.05, 0.1) is 20.3 Å². The van der Waals surface area contributed by atoms with Crippen LogP contribution in [0.15, 0.2) is 42.5 Å². The smallest absolute Gasteiger partial charge is 0.122 e. The summed E-state index contributed by atoms with van der Waals surface area (Å²) < 4.78 is 10.5. The quantitative estimate of drug-likeness (QED) is 0.636. The van der Waals surface area contributed by atoms with Crippen molar-refractivity contribution in [2.75, 3.05) is 14.2 Å². The molecule has 4 nitrogen and oxygen atoms in total. The molecule has 2 aromatic carbocycles. The van der Waals surface area contributed by atoms with Crippen LogP contribution < -0.4 is 20.7 Å². The number of nitrogens with one attached hydrogen (secondary N) is 1. The van der Waals surface area contributed by atoms with Crippen LogP contribution in [0.3, 0.4) is 0 Å². The zero-order chi connectivity index (χ0) is 15.2. The van der Waals surface area contributed by atoms with Crippen LogP contribution in [0.2, 0.25) is 5.02 Å². The molecule has 21 heavy (non-hydrogen) atoms. The Morgan fingerprint density at radius 3 is 2.38 bits per heavy atom. The predicted molar refractivity (Wildman–Crippen MR) is 84.8 cm³/mol. The first-order valence-corrected chi connectivity index (χ1v) is 6.98. The fraction of sp³-hybridized carbons (Fsp3) is 0.250. The highest BCUT2D eigenvalue weighted by molar-refractivity contribution is 6.30. The first kappa shape index (κ1) is 15.6. The molecule has 0 aromatic heterocycles. The topological polar surface area (TPSA) is 56.5 Å². The molecule has 3 N–H and O–H groups in total. The van der Waals surface area contributed by atoms with E-state index >= 15 is 0 Å². The molecule has 112 valence electrons. The van der Waals surface area contributed by atoms with Crippen molar-refractivity contribution in [2.45, 2.75) is 12.5 Å². The van der Waals surface area contributed by atoms with Gasteiger partial charge in [0.2, 0.25) is 0 Å². The Morgan fingerprint density at radius 1 is 1.10 bits per heavy atom. The van der Waals surface area contributed by atoms with E-state index in [0.29, 0.717) is 11.4 Å². The van der Waals surface area contributed by atoms with Gasteiger partial charge in [0, 0.05) is 5.02 Å². The lowest BCUT2D eigenvalue weighted by atomic mass is 9.98. The van der Waals surface area contributed by atoms with Gasteiger partial charge in [-0.05, 0) is 47.9 Å². The lowest BCUT2D eigenvalue weighted by Crippen LogP contribution is -2.29. The summed E-state index contributed by atoms with van der Waals surface area (Å²) in [5, 5.41) is 0.677. The van der Waals surface area contributed by atoms with Gasteiger partial charge in [0.25, 0.3) is 0 Å². The molecule has 1 atom stereocenters. The Hall–Kier alpha value is -1.75. The van der Waals surface area contributed by atoms with Gasteiger partial charge in [0.15, 0.2) is 0 Å². The first-order chi connectivity index (χ1) is 10.2. The third-order valence-corrected chi connectivity index (χ3v) is 3.62. The molecule has 0 fully saturated rings. The zero-order valence-corrected chi connectivity index (χ0v) is 12.9. The van der Waals surface area contributed by atoms with Crippen LogP contribution in [0.1, 0.15) is 17.2 Å². The van der Waals surface area contributed by atoms with Crippen molar-refractivity contribution in [1.29, 1.82) is 0 Å². The van der Waals surface area contributed by atoms with E-state index in [2.05, 4.69) is 5.43 Å². The summed E-state index contributed by atoms with van der Waals surface area (Å²) in [6.07, 6.45) is 0.673. The van der Waals surface area contributed by atoms with Gasteiger partial charge in [-0.2, -0.15) is 0 Å². The number of hydrazine groups is 1. The molecule has 1 unspecified atom stereocenters. The van der Waals surface area contributed by atoms with Gasteiger partial charge in [-0.1, -0.05) is 23.7 Å². The Bertz CT molecular complexity index is 587. The van der Waals surface area contributed by atoms with Gasteiger partial charge >= 0.3 is 0 Å². The van der Waals surface area contributed by atoms with Crippen LogP contribution >= 0.6 is 11.6 Å². The van der Waals surface area contributed by atoms with E-state index in [9.17, 15) is 0 Å². The van der Waals surface area contributed by atoms with Crippen molar-refractivity contribution >= 4 is 11.6 Å². The molecule has 0 spiro atoms. The monoisotopic (exact) mass is 306 g/mol. The van der Waals surface area contributed by atoms with Crippen LogP contribution in [0.25, 0.3) is 0 Å². The van der Waals surface area contributed by atoms with Crippen molar-refractivity contribution in [3.8, 4) is 11.5 Å². The van der Waals surface area contributed by atoms with E-state index < -0.39 is 0 Å². The highest BCUT2D eigenvalue weighted by Gasteiger charge is 2.14. The first-order valence-electron chi connectivity index (χ1n) is 6.60. The second-order valence-corrected chi connectivity index (χ2v) is 5.09. The van der Waals surface area contributed by atoms with Crippen LogP contribution in [0.4, 0.5) is 0 Å². The van der Waals surface area contributed by atoms with E-state index in [-0.39, 0.29) is 6.04 Å². The third kappa shape index (κ3) is 3.88. The van der Waals surface area contributed by atoms with Gasteiger partial charge in [-0.3, -0.25) is 11.3 Å². The summed E-state index contributed by atoms with van der Waals surface area (Å²) in [7, 11) is 3.29. The summed E-state index contributed by atoms with van der Waals surface area (Å²) in [6.45, 7) is 0. The maximum absolute atomic E-state index is 6.06. The molecule has 0 saturated heterocycles. The van der Waals surface area contributed by atoms with Crippen molar-refractivity contribution in [2.24, 2.45) is 5.84 Å². The number of methoxy groups -OCH3 is 2. The van der Waals surface area contributed by atoms with E-state index in [4.69, 9.17) is 26.9 Å². The molecule has 0 bridgehead atoms. The Morgan fingerprint density at radius 2 is 1.81 bits per heavy atom. The minimum atomic E-state index is -0.0386. The van der Waals surface area contributed by atoms with Crippen LogP contribution in [0.5, 0.6) is 11.5 Å². The molecule has 0 aliphatic carbocycles. The second kappa shape index (κ2) is 7.31. The molecular weight excluding hydrogens is 288 g/mol. The summed E-state index contributed by atoms with van der Waals surface area (Å²) >= 11 is 6.06. The van der Waals surface area contributed by atoms with E-state index in [0.717, 1.165) is 22.6 Å². The maximum Gasteiger partial charge on any atom is 0.122 e. The highest BCUT2D eigenvalue weighted by Crippen LogP contribution is 2.28. The van der Waals surface area contributed by atoms with Gasteiger partial charge in [-0.15, -0.1) is 0 Å².